The van der Waals surface area contributed by atoms with E-state index < -0.39 is 0 Å². The number of ether oxygens (including phenoxy) is 2. The smallest absolute Gasteiger partial charge is 0.333 e. The maximum Gasteiger partial charge on any atom is 0.333 e. The van der Waals surface area contributed by atoms with E-state index in [1.54, 1.807) is 7.11 Å². The van der Waals surface area contributed by atoms with Crippen LogP contribution >= 0.6 is 0 Å². The number of esters is 1. The van der Waals surface area contributed by atoms with Gasteiger partial charge in [-0.1, -0.05) is 17.7 Å². The highest BCUT2D eigenvalue weighted by molar-refractivity contribution is 5.89. The molecule has 1 aromatic carbocycles. The van der Waals surface area contributed by atoms with E-state index in [-0.39, 0.29) is 5.97 Å². The first-order valence-corrected chi connectivity index (χ1v) is 7.25. The molecule has 1 aliphatic carbocycles. The normalized spacial score (nSPS) is 15.1. The van der Waals surface area contributed by atoms with Gasteiger partial charge in [0.2, 0.25) is 0 Å². The van der Waals surface area contributed by atoms with E-state index in [0.717, 1.165) is 43.4 Å². The van der Waals surface area contributed by atoms with Crippen molar-refractivity contribution in [3.63, 3.8) is 0 Å². The van der Waals surface area contributed by atoms with Crippen molar-refractivity contribution in [2.24, 2.45) is 0 Å². The summed E-state index contributed by atoms with van der Waals surface area (Å²) < 4.78 is 10.3. The minimum Gasteiger partial charge on any atom is -0.497 e. The Morgan fingerprint density at radius 1 is 1.15 bits per heavy atom. The van der Waals surface area contributed by atoms with Gasteiger partial charge in [0.25, 0.3) is 0 Å². The zero-order chi connectivity index (χ0) is 14.4. The molecule has 0 atom stereocenters. The lowest BCUT2D eigenvalue weighted by Gasteiger charge is -2.19. The third-order valence-electron chi connectivity index (χ3n) is 3.68. The predicted molar refractivity (Wildman–Crippen MR) is 78.8 cm³/mol. The lowest BCUT2D eigenvalue weighted by Crippen LogP contribution is -2.14. The summed E-state index contributed by atoms with van der Waals surface area (Å²) in [7, 11) is 1.66. The molecule has 0 saturated heterocycles. The second kappa shape index (κ2) is 7.13. The highest BCUT2D eigenvalue weighted by atomic mass is 16.5. The number of rotatable bonds is 5. The molecule has 0 bridgehead atoms. The number of allylic oxidation sites excluding steroid dienone is 1. The van der Waals surface area contributed by atoms with Crippen LogP contribution in [0, 0.1) is 0 Å². The van der Waals surface area contributed by atoms with Gasteiger partial charge in [0, 0.05) is 5.57 Å². The SMILES string of the molecule is CCOC(=O)C1=C(Cc2ccc(OC)cc2)CCCC1. The summed E-state index contributed by atoms with van der Waals surface area (Å²) in [6.45, 7) is 2.29. The third-order valence-corrected chi connectivity index (χ3v) is 3.68. The fourth-order valence-corrected chi connectivity index (χ4v) is 2.62. The van der Waals surface area contributed by atoms with Crippen LogP contribution in [0.5, 0.6) is 5.75 Å². The Morgan fingerprint density at radius 2 is 1.85 bits per heavy atom. The average Bonchev–Trinajstić information content (AvgIpc) is 2.49. The van der Waals surface area contributed by atoms with Crippen LogP contribution in [0.3, 0.4) is 0 Å². The maximum absolute atomic E-state index is 12.0. The minimum absolute atomic E-state index is 0.129. The number of hydrogen-bond acceptors (Lipinski definition) is 3. The monoisotopic (exact) mass is 274 g/mol. The molecule has 0 radical (unpaired) electrons. The Balaban J connectivity index is 2.16. The molecule has 0 spiro atoms. The van der Waals surface area contributed by atoms with Gasteiger partial charge in [-0.15, -0.1) is 0 Å². The van der Waals surface area contributed by atoms with Crippen molar-refractivity contribution in [1.82, 2.24) is 0 Å². The number of methoxy groups -OCH3 is 1. The molecule has 2 rings (SSSR count). The molecule has 0 unspecified atom stereocenters. The number of hydrogen-bond donors (Lipinski definition) is 0. The summed E-state index contributed by atoms with van der Waals surface area (Å²) in [5, 5.41) is 0. The van der Waals surface area contributed by atoms with Gasteiger partial charge in [0.1, 0.15) is 5.75 Å². The summed E-state index contributed by atoms with van der Waals surface area (Å²) in [4.78, 5) is 12.0. The summed E-state index contributed by atoms with van der Waals surface area (Å²) in [6, 6.07) is 8.04. The van der Waals surface area contributed by atoms with Gasteiger partial charge in [0.05, 0.1) is 13.7 Å². The molecular weight excluding hydrogens is 252 g/mol. The molecule has 0 saturated carbocycles. The Morgan fingerprint density at radius 3 is 2.50 bits per heavy atom. The first-order chi connectivity index (χ1) is 9.74. The Kier molecular flexibility index (Phi) is 5.22. The van der Waals surface area contributed by atoms with Crippen LogP contribution in [0.4, 0.5) is 0 Å². The summed E-state index contributed by atoms with van der Waals surface area (Å²) in [6.07, 6.45) is 4.93. The molecule has 0 amide bonds. The predicted octanol–water partition coefficient (Wildman–Crippen LogP) is 3.67. The molecular formula is C17H22O3. The van der Waals surface area contributed by atoms with E-state index in [2.05, 4.69) is 12.1 Å². The van der Waals surface area contributed by atoms with Crippen molar-refractivity contribution in [2.75, 3.05) is 13.7 Å². The van der Waals surface area contributed by atoms with E-state index in [1.165, 1.54) is 11.1 Å². The quantitative estimate of drug-likeness (QED) is 0.768. The molecule has 108 valence electrons. The van der Waals surface area contributed by atoms with Crippen molar-refractivity contribution >= 4 is 5.97 Å². The van der Waals surface area contributed by atoms with Crippen LogP contribution < -0.4 is 4.74 Å². The zero-order valence-electron chi connectivity index (χ0n) is 12.3. The molecule has 3 heteroatoms. The Bertz CT molecular complexity index is 485. The molecule has 1 aliphatic rings. The molecule has 0 aromatic heterocycles. The van der Waals surface area contributed by atoms with Gasteiger partial charge in [-0.05, 0) is 56.7 Å². The molecule has 0 aliphatic heterocycles. The van der Waals surface area contributed by atoms with E-state index >= 15 is 0 Å². The van der Waals surface area contributed by atoms with Crippen LogP contribution in [-0.2, 0) is 16.0 Å². The summed E-state index contributed by atoms with van der Waals surface area (Å²) in [5.41, 5.74) is 3.35. The largest absolute Gasteiger partial charge is 0.497 e. The van der Waals surface area contributed by atoms with Crippen molar-refractivity contribution in [1.29, 1.82) is 0 Å². The van der Waals surface area contributed by atoms with Crippen molar-refractivity contribution in [2.45, 2.75) is 39.0 Å². The van der Waals surface area contributed by atoms with Gasteiger partial charge in [0.15, 0.2) is 0 Å². The number of carbonyl (C=O) groups excluding carboxylic acids is 1. The third kappa shape index (κ3) is 3.62. The first-order valence-electron chi connectivity index (χ1n) is 7.25. The van der Waals surface area contributed by atoms with Crippen molar-refractivity contribution < 1.29 is 14.3 Å². The number of benzene rings is 1. The lowest BCUT2D eigenvalue weighted by molar-refractivity contribution is -0.138. The molecule has 0 fully saturated rings. The molecule has 0 N–H and O–H groups in total. The van der Waals surface area contributed by atoms with Crippen LogP contribution in [-0.4, -0.2) is 19.7 Å². The van der Waals surface area contributed by atoms with E-state index in [1.807, 2.05) is 19.1 Å². The molecule has 3 nitrogen and oxygen atoms in total. The molecule has 20 heavy (non-hydrogen) atoms. The fourth-order valence-electron chi connectivity index (χ4n) is 2.62. The lowest BCUT2D eigenvalue weighted by atomic mass is 9.88. The van der Waals surface area contributed by atoms with E-state index in [9.17, 15) is 4.79 Å². The number of carbonyl (C=O) groups is 1. The van der Waals surface area contributed by atoms with E-state index in [4.69, 9.17) is 9.47 Å². The zero-order valence-corrected chi connectivity index (χ0v) is 12.3. The second-order valence-corrected chi connectivity index (χ2v) is 5.03. The summed E-state index contributed by atoms with van der Waals surface area (Å²) >= 11 is 0. The fraction of sp³-hybridized carbons (Fsp3) is 0.471. The average molecular weight is 274 g/mol. The molecule has 0 heterocycles. The van der Waals surface area contributed by atoms with Gasteiger partial charge in [-0.25, -0.2) is 4.79 Å². The molecule has 1 aromatic rings. The van der Waals surface area contributed by atoms with Crippen LogP contribution in [0.2, 0.25) is 0 Å². The van der Waals surface area contributed by atoms with E-state index in [0.29, 0.717) is 6.61 Å². The highest BCUT2D eigenvalue weighted by Crippen LogP contribution is 2.28. The first kappa shape index (κ1) is 14.6. The van der Waals surface area contributed by atoms with Gasteiger partial charge in [-0.2, -0.15) is 0 Å². The Hall–Kier alpha value is -1.77. The van der Waals surface area contributed by atoms with Gasteiger partial charge in [-0.3, -0.25) is 0 Å². The van der Waals surface area contributed by atoms with Crippen molar-refractivity contribution in [3.05, 3.63) is 41.0 Å². The van der Waals surface area contributed by atoms with Crippen molar-refractivity contribution in [3.8, 4) is 5.75 Å². The topological polar surface area (TPSA) is 35.5 Å². The maximum atomic E-state index is 12.0. The standard InChI is InChI=1S/C17H22O3/c1-3-20-17(18)16-7-5-4-6-14(16)12-13-8-10-15(19-2)11-9-13/h8-11H,3-7,12H2,1-2H3. The van der Waals surface area contributed by atoms with Crippen LogP contribution in [0.25, 0.3) is 0 Å². The van der Waals surface area contributed by atoms with Crippen LogP contribution in [0.15, 0.2) is 35.4 Å². The second-order valence-electron chi connectivity index (χ2n) is 5.03. The van der Waals surface area contributed by atoms with Crippen LogP contribution in [0.1, 0.15) is 38.2 Å². The Labute approximate surface area is 120 Å². The minimum atomic E-state index is -0.129. The van der Waals surface area contributed by atoms with Gasteiger partial charge >= 0.3 is 5.97 Å². The van der Waals surface area contributed by atoms with Gasteiger partial charge < -0.3 is 9.47 Å². The summed E-state index contributed by atoms with van der Waals surface area (Å²) in [5.74, 6) is 0.729. The highest BCUT2D eigenvalue weighted by Gasteiger charge is 2.20.